The lowest BCUT2D eigenvalue weighted by Gasteiger charge is -2.07. The van der Waals surface area contributed by atoms with Gasteiger partial charge in [-0.05, 0) is 30.0 Å². The Hall–Kier alpha value is -2.59. The Morgan fingerprint density at radius 2 is 1.71 bits per heavy atom. The molecule has 0 saturated carbocycles. The molecule has 0 bridgehead atoms. The first kappa shape index (κ1) is 16.3. The standard InChI is InChI=1S/C20H19NO2S/c1-2-23-20(22)18-17(13-24-19(18)21)16-10-8-15(9-11-16)12-14-6-4-3-5-7-14/h3-11,13H,2,12,21H2,1H3. The van der Waals surface area contributed by atoms with E-state index in [2.05, 4.69) is 24.3 Å². The van der Waals surface area contributed by atoms with Gasteiger partial charge in [-0.25, -0.2) is 4.79 Å². The lowest BCUT2D eigenvalue weighted by Crippen LogP contribution is -2.07. The Morgan fingerprint density at radius 3 is 2.38 bits per heavy atom. The molecule has 122 valence electrons. The van der Waals surface area contributed by atoms with E-state index in [1.165, 1.54) is 22.5 Å². The van der Waals surface area contributed by atoms with Crippen LogP contribution in [0.5, 0.6) is 0 Å². The van der Waals surface area contributed by atoms with Crippen molar-refractivity contribution in [1.29, 1.82) is 0 Å². The minimum atomic E-state index is -0.361. The third-order valence-electron chi connectivity index (χ3n) is 3.82. The van der Waals surface area contributed by atoms with Crippen molar-refractivity contribution in [2.45, 2.75) is 13.3 Å². The van der Waals surface area contributed by atoms with Crippen molar-refractivity contribution in [1.82, 2.24) is 0 Å². The van der Waals surface area contributed by atoms with Crippen molar-refractivity contribution in [3.63, 3.8) is 0 Å². The zero-order valence-electron chi connectivity index (χ0n) is 13.5. The molecule has 0 radical (unpaired) electrons. The number of thiophene rings is 1. The highest BCUT2D eigenvalue weighted by Crippen LogP contribution is 2.34. The van der Waals surface area contributed by atoms with Gasteiger partial charge in [-0.15, -0.1) is 11.3 Å². The first-order valence-electron chi connectivity index (χ1n) is 7.86. The van der Waals surface area contributed by atoms with E-state index in [-0.39, 0.29) is 5.97 Å². The predicted octanol–water partition coefficient (Wildman–Crippen LogP) is 4.76. The molecular weight excluding hydrogens is 318 g/mol. The molecule has 24 heavy (non-hydrogen) atoms. The highest BCUT2D eigenvalue weighted by atomic mass is 32.1. The quantitative estimate of drug-likeness (QED) is 0.683. The molecular formula is C20H19NO2S. The molecule has 0 aliphatic carbocycles. The number of carbonyl (C=O) groups excluding carboxylic acids is 1. The first-order valence-corrected chi connectivity index (χ1v) is 8.74. The molecule has 3 aromatic rings. The maximum atomic E-state index is 12.1. The molecule has 3 rings (SSSR count). The van der Waals surface area contributed by atoms with Crippen LogP contribution >= 0.6 is 11.3 Å². The molecule has 1 heterocycles. The molecule has 4 heteroatoms. The van der Waals surface area contributed by atoms with Crippen LogP contribution in [0.2, 0.25) is 0 Å². The third kappa shape index (κ3) is 3.49. The number of anilines is 1. The van der Waals surface area contributed by atoms with Crippen LogP contribution in [0.4, 0.5) is 5.00 Å². The van der Waals surface area contributed by atoms with Crippen molar-refractivity contribution in [2.75, 3.05) is 12.3 Å². The summed E-state index contributed by atoms with van der Waals surface area (Å²) in [4.78, 5) is 12.1. The van der Waals surface area contributed by atoms with E-state index in [1.807, 2.05) is 35.7 Å². The van der Waals surface area contributed by atoms with Gasteiger partial charge in [0.1, 0.15) is 10.6 Å². The Bertz CT molecular complexity index is 823. The molecule has 1 aromatic heterocycles. The van der Waals surface area contributed by atoms with E-state index < -0.39 is 0 Å². The summed E-state index contributed by atoms with van der Waals surface area (Å²) in [6.07, 6.45) is 0.887. The van der Waals surface area contributed by atoms with Crippen molar-refractivity contribution in [2.24, 2.45) is 0 Å². The summed E-state index contributed by atoms with van der Waals surface area (Å²) in [6.45, 7) is 2.13. The summed E-state index contributed by atoms with van der Waals surface area (Å²) in [5.74, 6) is -0.361. The summed E-state index contributed by atoms with van der Waals surface area (Å²) in [7, 11) is 0. The smallest absolute Gasteiger partial charge is 0.341 e. The number of nitrogen functional groups attached to an aromatic ring is 1. The Balaban J connectivity index is 1.85. The van der Waals surface area contributed by atoms with Crippen molar-refractivity contribution < 1.29 is 9.53 Å². The van der Waals surface area contributed by atoms with Gasteiger partial charge in [0, 0.05) is 10.9 Å². The number of hydrogen-bond acceptors (Lipinski definition) is 4. The number of carbonyl (C=O) groups is 1. The van der Waals surface area contributed by atoms with Gasteiger partial charge in [-0.1, -0.05) is 54.6 Å². The zero-order valence-corrected chi connectivity index (χ0v) is 14.3. The lowest BCUT2D eigenvalue weighted by molar-refractivity contribution is 0.0529. The van der Waals surface area contributed by atoms with Gasteiger partial charge in [0.15, 0.2) is 0 Å². The molecule has 0 atom stereocenters. The second kappa shape index (κ2) is 7.32. The second-order valence-electron chi connectivity index (χ2n) is 5.47. The molecule has 0 saturated heterocycles. The largest absolute Gasteiger partial charge is 0.462 e. The fourth-order valence-corrected chi connectivity index (χ4v) is 3.44. The minimum absolute atomic E-state index is 0.337. The number of rotatable bonds is 5. The van der Waals surface area contributed by atoms with Crippen LogP contribution in [0.3, 0.4) is 0 Å². The van der Waals surface area contributed by atoms with Crippen molar-refractivity contribution in [3.05, 3.63) is 76.7 Å². The van der Waals surface area contributed by atoms with Crippen LogP contribution < -0.4 is 5.73 Å². The van der Waals surface area contributed by atoms with E-state index >= 15 is 0 Å². The SMILES string of the molecule is CCOC(=O)c1c(-c2ccc(Cc3ccccc3)cc2)csc1N. The molecule has 2 N–H and O–H groups in total. The highest BCUT2D eigenvalue weighted by Gasteiger charge is 2.19. The molecule has 0 aliphatic heterocycles. The molecule has 3 nitrogen and oxygen atoms in total. The Kier molecular flexibility index (Phi) is 4.96. The van der Waals surface area contributed by atoms with Crippen LogP contribution in [0, 0.1) is 0 Å². The first-order chi connectivity index (χ1) is 11.7. The number of hydrogen-bond donors (Lipinski definition) is 1. The van der Waals surface area contributed by atoms with Gasteiger partial charge in [0.05, 0.1) is 6.61 Å². The summed E-state index contributed by atoms with van der Waals surface area (Å²) in [6, 6.07) is 18.6. The van der Waals surface area contributed by atoms with Crippen molar-refractivity contribution >= 4 is 22.3 Å². The lowest BCUT2D eigenvalue weighted by atomic mass is 9.99. The van der Waals surface area contributed by atoms with E-state index in [0.29, 0.717) is 17.2 Å². The maximum Gasteiger partial charge on any atom is 0.341 e. The van der Waals surface area contributed by atoms with Gasteiger partial charge in [0.25, 0.3) is 0 Å². The molecule has 0 amide bonds. The van der Waals surface area contributed by atoms with Crippen LogP contribution in [0.25, 0.3) is 11.1 Å². The van der Waals surface area contributed by atoms with Crippen LogP contribution in [-0.2, 0) is 11.2 Å². The van der Waals surface area contributed by atoms with Crippen LogP contribution in [-0.4, -0.2) is 12.6 Å². The van der Waals surface area contributed by atoms with Gasteiger partial charge >= 0.3 is 5.97 Å². The topological polar surface area (TPSA) is 52.3 Å². The average Bonchev–Trinajstić information content (AvgIpc) is 2.98. The van der Waals surface area contributed by atoms with Gasteiger partial charge in [-0.2, -0.15) is 0 Å². The zero-order chi connectivity index (χ0) is 16.9. The van der Waals surface area contributed by atoms with Gasteiger partial charge in [-0.3, -0.25) is 0 Å². The minimum Gasteiger partial charge on any atom is -0.462 e. The number of nitrogens with two attached hydrogens (primary N) is 1. The van der Waals surface area contributed by atoms with Crippen molar-refractivity contribution in [3.8, 4) is 11.1 Å². The average molecular weight is 337 g/mol. The fraction of sp³-hybridized carbons (Fsp3) is 0.150. The van der Waals surface area contributed by atoms with Crippen LogP contribution in [0.15, 0.2) is 60.0 Å². The van der Waals surface area contributed by atoms with E-state index in [1.54, 1.807) is 6.92 Å². The second-order valence-corrected chi connectivity index (χ2v) is 6.38. The molecule has 0 fully saturated rings. The summed E-state index contributed by atoms with van der Waals surface area (Å²) < 4.78 is 5.12. The Labute approximate surface area is 145 Å². The molecule has 0 unspecified atom stereocenters. The molecule has 0 aliphatic rings. The third-order valence-corrected chi connectivity index (χ3v) is 4.63. The highest BCUT2D eigenvalue weighted by molar-refractivity contribution is 7.14. The summed E-state index contributed by atoms with van der Waals surface area (Å²) in [5.41, 5.74) is 10.7. The fourth-order valence-electron chi connectivity index (χ4n) is 2.63. The van der Waals surface area contributed by atoms with E-state index in [0.717, 1.165) is 17.5 Å². The Morgan fingerprint density at radius 1 is 1.04 bits per heavy atom. The number of ether oxygens (including phenoxy) is 1. The summed E-state index contributed by atoms with van der Waals surface area (Å²) in [5, 5.41) is 2.41. The van der Waals surface area contributed by atoms with Crippen LogP contribution in [0.1, 0.15) is 28.4 Å². The molecule has 2 aromatic carbocycles. The monoisotopic (exact) mass is 337 g/mol. The summed E-state index contributed by atoms with van der Waals surface area (Å²) >= 11 is 1.36. The normalized spacial score (nSPS) is 10.5. The molecule has 0 spiro atoms. The van der Waals surface area contributed by atoms with E-state index in [4.69, 9.17) is 10.5 Å². The van der Waals surface area contributed by atoms with Gasteiger partial charge < -0.3 is 10.5 Å². The van der Waals surface area contributed by atoms with Gasteiger partial charge in [0.2, 0.25) is 0 Å². The predicted molar refractivity (Wildman–Crippen MR) is 99.4 cm³/mol. The number of benzene rings is 2. The number of esters is 1. The maximum absolute atomic E-state index is 12.1. The van der Waals surface area contributed by atoms with E-state index in [9.17, 15) is 4.79 Å².